The smallest absolute Gasteiger partial charge is 0.309 e. The van der Waals surface area contributed by atoms with Crippen LogP contribution in [0.1, 0.15) is 31.2 Å². The van der Waals surface area contributed by atoms with Crippen LogP contribution in [0.2, 0.25) is 0 Å². The van der Waals surface area contributed by atoms with E-state index in [2.05, 4.69) is 4.74 Å². The van der Waals surface area contributed by atoms with Crippen LogP contribution in [0.4, 0.5) is 0 Å². The van der Waals surface area contributed by atoms with Crippen molar-refractivity contribution in [3.8, 4) is 0 Å². The first-order valence-electron chi connectivity index (χ1n) is 6.68. The average Bonchev–Trinajstić information content (AvgIpc) is 2.41. The Kier molecular flexibility index (Phi) is 5.28. The highest BCUT2D eigenvalue weighted by Gasteiger charge is 2.20. The lowest BCUT2D eigenvalue weighted by molar-refractivity contribution is -0.139. The molecule has 0 heterocycles. The van der Waals surface area contributed by atoms with E-state index in [9.17, 15) is 9.90 Å². The van der Waals surface area contributed by atoms with E-state index >= 15 is 0 Å². The van der Waals surface area contributed by atoms with Gasteiger partial charge in [0.1, 0.15) is 0 Å². The number of aliphatic hydroxyl groups is 1. The van der Waals surface area contributed by atoms with Gasteiger partial charge >= 0.3 is 5.97 Å². The monoisotopic (exact) mass is 280 g/mol. The molecule has 1 aliphatic carbocycles. The molecule has 1 aliphatic rings. The standard InChI is InChI=1S/C15H20O3S/c1-18-15(17)9-11-5-7-13(8-6-11)19-14-4-2-3-12(16)10-14/h5-8,12,14,16H,2-4,9-10H2,1H3. The Labute approximate surface area is 118 Å². The molecule has 0 aromatic heterocycles. The van der Waals surface area contributed by atoms with Gasteiger partial charge in [0, 0.05) is 10.1 Å². The molecule has 1 aromatic carbocycles. The van der Waals surface area contributed by atoms with Crippen LogP contribution in [0.15, 0.2) is 29.2 Å². The molecule has 0 aliphatic heterocycles. The first kappa shape index (κ1) is 14.4. The number of carbonyl (C=O) groups is 1. The van der Waals surface area contributed by atoms with E-state index in [1.54, 1.807) is 0 Å². The zero-order valence-electron chi connectivity index (χ0n) is 11.2. The maximum absolute atomic E-state index is 11.2. The summed E-state index contributed by atoms with van der Waals surface area (Å²) in [5, 5.41) is 10.2. The Hall–Kier alpha value is -1.00. The Morgan fingerprint density at radius 2 is 2.11 bits per heavy atom. The van der Waals surface area contributed by atoms with Gasteiger partial charge in [-0.05, 0) is 43.4 Å². The summed E-state index contributed by atoms with van der Waals surface area (Å²) >= 11 is 1.83. The van der Waals surface area contributed by atoms with Crippen molar-refractivity contribution in [1.29, 1.82) is 0 Å². The molecular formula is C15H20O3S. The predicted octanol–water partition coefficient (Wildman–Crippen LogP) is 2.80. The molecule has 1 fully saturated rings. The lowest BCUT2D eigenvalue weighted by atomic mass is 9.97. The fourth-order valence-electron chi connectivity index (χ4n) is 2.34. The van der Waals surface area contributed by atoms with Gasteiger partial charge in [0.05, 0.1) is 19.6 Å². The largest absolute Gasteiger partial charge is 0.469 e. The molecular weight excluding hydrogens is 260 g/mol. The molecule has 0 spiro atoms. The van der Waals surface area contributed by atoms with Crippen molar-refractivity contribution in [1.82, 2.24) is 0 Å². The van der Waals surface area contributed by atoms with Gasteiger partial charge in [-0.1, -0.05) is 12.1 Å². The number of ether oxygens (including phenoxy) is 1. The van der Waals surface area contributed by atoms with Crippen LogP contribution in [-0.2, 0) is 16.0 Å². The number of carbonyl (C=O) groups excluding carboxylic acids is 1. The summed E-state index contributed by atoms with van der Waals surface area (Å²) in [6.45, 7) is 0. The number of rotatable bonds is 4. The van der Waals surface area contributed by atoms with Crippen molar-refractivity contribution in [2.75, 3.05) is 7.11 Å². The summed E-state index contributed by atoms with van der Waals surface area (Å²) in [5.74, 6) is -0.212. The fourth-order valence-corrected chi connectivity index (χ4v) is 3.63. The highest BCUT2D eigenvalue weighted by molar-refractivity contribution is 8.00. The second-order valence-corrected chi connectivity index (χ2v) is 6.33. The Morgan fingerprint density at radius 3 is 2.74 bits per heavy atom. The molecule has 2 atom stereocenters. The third kappa shape index (κ3) is 4.55. The molecule has 1 saturated carbocycles. The Balaban J connectivity index is 1.89. The van der Waals surface area contributed by atoms with Crippen molar-refractivity contribution >= 4 is 17.7 Å². The topological polar surface area (TPSA) is 46.5 Å². The quantitative estimate of drug-likeness (QED) is 0.862. The summed E-state index contributed by atoms with van der Waals surface area (Å²) in [4.78, 5) is 12.4. The summed E-state index contributed by atoms with van der Waals surface area (Å²) < 4.78 is 4.65. The predicted molar refractivity (Wildman–Crippen MR) is 76.3 cm³/mol. The molecule has 2 rings (SSSR count). The van der Waals surface area contributed by atoms with E-state index in [0.29, 0.717) is 11.7 Å². The number of aliphatic hydroxyl groups excluding tert-OH is 1. The van der Waals surface area contributed by atoms with Crippen LogP contribution in [0, 0.1) is 0 Å². The van der Waals surface area contributed by atoms with Crippen LogP contribution < -0.4 is 0 Å². The maximum atomic E-state index is 11.2. The lowest BCUT2D eigenvalue weighted by Gasteiger charge is -2.25. The van der Waals surface area contributed by atoms with Gasteiger partial charge in [0.2, 0.25) is 0 Å². The van der Waals surface area contributed by atoms with E-state index in [-0.39, 0.29) is 12.1 Å². The molecule has 3 nitrogen and oxygen atoms in total. The summed E-state index contributed by atoms with van der Waals surface area (Å²) in [5.41, 5.74) is 0.972. The number of hydrogen-bond acceptors (Lipinski definition) is 4. The summed E-state index contributed by atoms with van der Waals surface area (Å²) in [6, 6.07) is 8.03. The number of hydrogen-bond donors (Lipinski definition) is 1. The van der Waals surface area contributed by atoms with Gasteiger partial charge < -0.3 is 9.84 Å². The third-order valence-corrected chi connectivity index (χ3v) is 4.71. The van der Waals surface area contributed by atoms with Gasteiger partial charge in [-0.3, -0.25) is 4.79 Å². The molecule has 19 heavy (non-hydrogen) atoms. The Bertz CT molecular complexity index is 416. The SMILES string of the molecule is COC(=O)Cc1ccc(SC2CCCC(O)C2)cc1. The Morgan fingerprint density at radius 1 is 1.37 bits per heavy atom. The van der Waals surface area contributed by atoms with Crippen LogP contribution in [0.25, 0.3) is 0 Å². The molecule has 1 aromatic rings. The van der Waals surface area contributed by atoms with Crippen molar-refractivity contribution < 1.29 is 14.6 Å². The second kappa shape index (κ2) is 6.96. The molecule has 4 heteroatoms. The molecule has 2 unspecified atom stereocenters. The van der Waals surface area contributed by atoms with E-state index in [1.165, 1.54) is 18.4 Å². The minimum Gasteiger partial charge on any atom is -0.469 e. The fraction of sp³-hybridized carbons (Fsp3) is 0.533. The van der Waals surface area contributed by atoms with Crippen LogP contribution >= 0.6 is 11.8 Å². The van der Waals surface area contributed by atoms with Crippen molar-refractivity contribution in [2.24, 2.45) is 0 Å². The molecule has 0 amide bonds. The van der Waals surface area contributed by atoms with E-state index < -0.39 is 0 Å². The van der Waals surface area contributed by atoms with E-state index in [4.69, 9.17) is 0 Å². The normalized spacial score (nSPS) is 23.1. The average molecular weight is 280 g/mol. The number of benzene rings is 1. The van der Waals surface area contributed by atoms with Gasteiger partial charge in [0.15, 0.2) is 0 Å². The number of esters is 1. The van der Waals surface area contributed by atoms with Crippen molar-refractivity contribution in [3.05, 3.63) is 29.8 Å². The lowest BCUT2D eigenvalue weighted by Crippen LogP contribution is -2.20. The van der Waals surface area contributed by atoms with Crippen LogP contribution in [-0.4, -0.2) is 29.5 Å². The first-order chi connectivity index (χ1) is 9.17. The third-order valence-electron chi connectivity index (χ3n) is 3.40. The van der Waals surface area contributed by atoms with Gasteiger partial charge in [-0.25, -0.2) is 0 Å². The van der Waals surface area contributed by atoms with Crippen molar-refractivity contribution in [2.45, 2.75) is 48.4 Å². The molecule has 104 valence electrons. The second-order valence-electron chi connectivity index (χ2n) is 4.96. The zero-order chi connectivity index (χ0) is 13.7. The molecule has 0 radical (unpaired) electrons. The minimum absolute atomic E-state index is 0.134. The van der Waals surface area contributed by atoms with Gasteiger partial charge in [0.25, 0.3) is 0 Å². The highest BCUT2D eigenvalue weighted by Crippen LogP contribution is 2.33. The van der Waals surface area contributed by atoms with Gasteiger partial charge in [-0.15, -0.1) is 11.8 Å². The minimum atomic E-state index is -0.212. The van der Waals surface area contributed by atoms with E-state index in [1.807, 2.05) is 36.0 Å². The molecule has 0 saturated heterocycles. The molecule has 0 bridgehead atoms. The maximum Gasteiger partial charge on any atom is 0.309 e. The summed E-state index contributed by atoms with van der Waals surface area (Å²) in [6.07, 6.45) is 4.29. The summed E-state index contributed by atoms with van der Waals surface area (Å²) in [7, 11) is 1.40. The van der Waals surface area contributed by atoms with Crippen LogP contribution in [0.5, 0.6) is 0 Å². The first-order valence-corrected chi connectivity index (χ1v) is 7.56. The van der Waals surface area contributed by atoms with Crippen molar-refractivity contribution in [3.63, 3.8) is 0 Å². The van der Waals surface area contributed by atoms with E-state index in [0.717, 1.165) is 24.8 Å². The number of thioether (sulfide) groups is 1. The van der Waals surface area contributed by atoms with Crippen LogP contribution in [0.3, 0.4) is 0 Å². The highest BCUT2D eigenvalue weighted by atomic mass is 32.2. The number of methoxy groups -OCH3 is 1. The van der Waals surface area contributed by atoms with Gasteiger partial charge in [-0.2, -0.15) is 0 Å². The zero-order valence-corrected chi connectivity index (χ0v) is 12.0. The molecule has 1 N–H and O–H groups in total.